The largest absolute Gasteiger partial charge is 0.465 e. The molecule has 37 heavy (non-hydrogen) atoms. The summed E-state index contributed by atoms with van der Waals surface area (Å²) >= 11 is 6.09. The highest BCUT2D eigenvalue weighted by Crippen LogP contribution is 2.39. The van der Waals surface area contributed by atoms with Gasteiger partial charge in [-0.05, 0) is 19.1 Å². The Morgan fingerprint density at radius 2 is 1.73 bits per heavy atom. The van der Waals surface area contributed by atoms with Gasteiger partial charge in [-0.1, -0.05) is 22.8 Å². The number of esters is 2. The van der Waals surface area contributed by atoms with Crippen LogP contribution in [0.4, 0.5) is 22.0 Å². The number of rotatable bonds is 6. The Kier molecular flexibility index (Phi) is 6.99. The minimum Gasteiger partial charge on any atom is -0.465 e. The number of carbonyl (C=O) groups excluding carboxylic acids is 2. The predicted octanol–water partition coefficient (Wildman–Crippen LogP) is 5.51. The summed E-state index contributed by atoms with van der Waals surface area (Å²) in [6, 6.07) is 3.60. The Hall–Kier alpha value is -4.26. The van der Waals surface area contributed by atoms with E-state index in [-0.39, 0.29) is 27.9 Å². The molecule has 0 aliphatic carbocycles. The first-order valence-corrected chi connectivity index (χ1v) is 10.6. The molecule has 0 radical (unpaired) electrons. The van der Waals surface area contributed by atoms with Gasteiger partial charge in [0.1, 0.15) is 22.8 Å². The number of benzene rings is 2. The van der Waals surface area contributed by atoms with Gasteiger partial charge < -0.3 is 14.0 Å². The maximum Gasteiger partial charge on any atom is 0.357 e. The number of aromatic nitrogens is 3. The minimum atomic E-state index is -1.87. The third kappa shape index (κ3) is 4.31. The van der Waals surface area contributed by atoms with Gasteiger partial charge in [0, 0.05) is 6.07 Å². The summed E-state index contributed by atoms with van der Waals surface area (Å²) in [5.74, 6) is -11.1. The minimum absolute atomic E-state index is 0.0289. The molecule has 0 aliphatic heterocycles. The SMILES string of the molecule is CCOC(=O)c1c(-c2onc(-c3c(F)cccc3Cl)c2C(=O)OC)cnn1-c1c(F)c(F)cc(F)c1F. The summed E-state index contributed by atoms with van der Waals surface area (Å²) in [7, 11) is 0.988. The highest BCUT2D eigenvalue weighted by molar-refractivity contribution is 6.33. The molecule has 14 heteroatoms. The molecular weight excluding hydrogens is 529 g/mol. The van der Waals surface area contributed by atoms with Crippen molar-refractivity contribution < 1.29 is 45.5 Å². The Morgan fingerprint density at radius 3 is 2.32 bits per heavy atom. The second kappa shape index (κ2) is 10.0. The number of nitrogens with zero attached hydrogens (tertiary/aromatic N) is 3. The Balaban J connectivity index is 2.06. The van der Waals surface area contributed by atoms with Gasteiger partial charge in [-0.2, -0.15) is 5.10 Å². The van der Waals surface area contributed by atoms with Crippen molar-refractivity contribution in [2.75, 3.05) is 13.7 Å². The molecule has 2 aromatic heterocycles. The first-order chi connectivity index (χ1) is 17.6. The summed E-state index contributed by atoms with van der Waals surface area (Å²) < 4.78 is 86.8. The van der Waals surface area contributed by atoms with Crippen LogP contribution in [0.5, 0.6) is 0 Å². The number of halogens is 6. The third-order valence-electron chi connectivity index (χ3n) is 5.06. The fourth-order valence-electron chi connectivity index (χ4n) is 3.49. The molecule has 2 heterocycles. The van der Waals surface area contributed by atoms with Gasteiger partial charge in [0.05, 0.1) is 36.1 Å². The van der Waals surface area contributed by atoms with Gasteiger partial charge in [0.2, 0.25) is 0 Å². The third-order valence-corrected chi connectivity index (χ3v) is 5.38. The second-order valence-electron chi connectivity index (χ2n) is 7.18. The van der Waals surface area contributed by atoms with Crippen LogP contribution >= 0.6 is 11.6 Å². The van der Waals surface area contributed by atoms with Crippen LogP contribution in [-0.4, -0.2) is 40.6 Å². The Labute approximate surface area is 209 Å². The van der Waals surface area contributed by atoms with Gasteiger partial charge in [0.25, 0.3) is 0 Å². The van der Waals surface area contributed by atoms with E-state index in [1.807, 2.05) is 0 Å². The average Bonchev–Trinajstić information content (AvgIpc) is 3.47. The lowest BCUT2D eigenvalue weighted by molar-refractivity contribution is 0.0514. The number of carbonyl (C=O) groups is 2. The van der Waals surface area contributed by atoms with Crippen molar-refractivity contribution >= 4 is 23.5 Å². The van der Waals surface area contributed by atoms with Crippen molar-refractivity contribution in [1.29, 1.82) is 0 Å². The highest BCUT2D eigenvalue weighted by Gasteiger charge is 2.35. The monoisotopic (exact) mass is 541 g/mol. The average molecular weight is 542 g/mol. The molecule has 0 saturated carbocycles. The summed E-state index contributed by atoms with van der Waals surface area (Å²) in [5, 5.41) is 7.20. The van der Waals surface area contributed by atoms with Crippen LogP contribution in [0.1, 0.15) is 27.8 Å². The maximum absolute atomic E-state index is 14.6. The van der Waals surface area contributed by atoms with Gasteiger partial charge in [-0.25, -0.2) is 36.2 Å². The van der Waals surface area contributed by atoms with Crippen LogP contribution in [0.15, 0.2) is 35.0 Å². The lowest BCUT2D eigenvalue weighted by Gasteiger charge is -2.11. The van der Waals surface area contributed by atoms with E-state index < -0.39 is 75.0 Å². The lowest BCUT2D eigenvalue weighted by Crippen LogP contribution is -2.17. The smallest absolute Gasteiger partial charge is 0.357 e. The maximum atomic E-state index is 14.6. The molecule has 8 nitrogen and oxygen atoms in total. The van der Waals surface area contributed by atoms with Gasteiger partial charge >= 0.3 is 11.9 Å². The normalized spacial score (nSPS) is 11.0. The standard InChI is InChI=1S/C23H13ClF5N3O5/c1-3-36-23(34)19-9(8-30-32(19)20-16(28)12(26)7-13(27)17(20)29)21-15(22(33)35-2)18(31-37-21)14-10(24)5-4-6-11(14)25/h4-8H,3H2,1-2H3. The van der Waals surface area contributed by atoms with Gasteiger partial charge in [-0.15, -0.1) is 0 Å². The van der Waals surface area contributed by atoms with Gasteiger partial charge in [-0.3, -0.25) is 0 Å². The fourth-order valence-corrected chi connectivity index (χ4v) is 3.74. The molecule has 0 saturated heterocycles. The van der Waals surface area contributed by atoms with E-state index in [2.05, 4.69) is 10.3 Å². The molecule has 4 rings (SSSR count). The summed E-state index contributed by atoms with van der Waals surface area (Å²) in [6.07, 6.45) is 0.799. The molecule has 0 fully saturated rings. The van der Waals surface area contributed by atoms with Crippen molar-refractivity contribution in [3.63, 3.8) is 0 Å². The van der Waals surface area contributed by atoms with E-state index in [1.54, 1.807) is 0 Å². The van der Waals surface area contributed by atoms with Crippen molar-refractivity contribution in [3.8, 4) is 28.3 Å². The van der Waals surface area contributed by atoms with Gasteiger partial charge in [0.15, 0.2) is 34.7 Å². The van der Waals surface area contributed by atoms with E-state index in [4.69, 9.17) is 25.6 Å². The molecular formula is C23H13ClF5N3O5. The van der Waals surface area contributed by atoms with Crippen LogP contribution < -0.4 is 0 Å². The zero-order chi connectivity index (χ0) is 27.0. The topological polar surface area (TPSA) is 96.5 Å². The molecule has 0 unspecified atom stereocenters. The summed E-state index contributed by atoms with van der Waals surface area (Å²) in [5.41, 5.74) is -3.95. The molecule has 0 amide bonds. The first kappa shape index (κ1) is 25.8. The van der Waals surface area contributed by atoms with Crippen LogP contribution in [0.3, 0.4) is 0 Å². The second-order valence-corrected chi connectivity index (χ2v) is 7.59. The quantitative estimate of drug-likeness (QED) is 0.180. The van der Waals surface area contributed by atoms with E-state index in [1.165, 1.54) is 19.1 Å². The van der Waals surface area contributed by atoms with E-state index in [9.17, 15) is 31.5 Å². The van der Waals surface area contributed by atoms with Crippen molar-refractivity contribution in [1.82, 2.24) is 14.9 Å². The van der Waals surface area contributed by atoms with Crippen LogP contribution in [0, 0.1) is 29.1 Å². The summed E-state index contributed by atoms with van der Waals surface area (Å²) in [6.45, 7) is 1.18. The number of ether oxygens (including phenoxy) is 2. The van der Waals surface area contributed by atoms with Crippen molar-refractivity contribution in [2.45, 2.75) is 6.92 Å². The first-order valence-electron chi connectivity index (χ1n) is 10.2. The van der Waals surface area contributed by atoms with Crippen LogP contribution in [0.25, 0.3) is 28.3 Å². The lowest BCUT2D eigenvalue weighted by atomic mass is 10.0. The molecule has 0 bridgehead atoms. The Bertz CT molecular complexity index is 1510. The number of hydrogen-bond acceptors (Lipinski definition) is 7. The molecule has 192 valence electrons. The van der Waals surface area contributed by atoms with E-state index >= 15 is 0 Å². The number of hydrogen-bond donors (Lipinski definition) is 0. The fraction of sp³-hybridized carbons (Fsp3) is 0.130. The molecule has 2 aromatic carbocycles. The molecule has 0 atom stereocenters. The van der Waals surface area contributed by atoms with Crippen molar-refractivity contribution in [3.05, 3.63) is 75.8 Å². The molecule has 4 aromatic rings. The van der Waals surface area contributed by atoms with Crippen LogP contribution in [0.2, 0.25) is 5.02 Å². The van der Waals surface area contributed by atoms with Crippen molar-refractivity contribution in [2.24, 2.45) is 0 Å². The molecule has 0 spiro atoms. The summed E-state index contributed by atoms with van der Waals surface area (Å²) in [4.78, 5) is 25.6. The zero-order valence-corrected chi connectivity index (χ0v) is 19.5. The van der Waals surface area contributed by atoms with E-state index in [0.717, 1.165) is 19.4 Å². The zero-order valence-electron chi connectivity index (χ0n) is 18.7. The van der Waals surface area contributed by atoms with E-state index in [0.29, 0.717) is 0 Å². The Morgan fingerprint density at radius 1 is 1.05 bits per heavy atom. The molecule has 0 N–H and O–H groups in total. The molecule has 0 aliphatic rings. The predicted molar refractivity (Wildman–Crippen MR) is 117 cm³/mol. The highest BCUT2D eigenvalue weighted by atomic mass is 35.5. The number of methoxy groups -OCH3 is 1. The van der Waals surface area contributed by atoms with Crippen LogP contribution in [-0.2, 0) is 9.47 Å².